The van der Waals surface area contributed by atoms with Crippen LogP contribution in [-0.2, 0) is 0 Å². The van der Waals surface area contributed by atoms with E-state index >= 15 is 0 Å². The van der Waals surface area contributed by atoms with E-state index in [9.17, 15) is 4.79 Å². The van der Waals surface area contributed by atoms with Gasteiger partial charge >= 0.3 is 0 Å². The summed E-state index contributed by atoms with van der Waals surface area (Å²) < 4.78 is 0.889. The number of H-pyrrole nitrogens is 1. The van der Waals surface area contributed by atoms with Gasteiger partial charge in [-0.25, -0.2) is 4.98 Å². The second kappa shape index (κ2) is 6.84. The van der Waals surface area contributed by atoms with Crippen molar-refractivity contribution >= 4 is 32.9 Å². The first-order valence-electron chi connectivity index (χ1n) is 8.88. The molecule has 2 aliphatic rings. The number of hydrogen-bond acceptors (Lipinski definition) is 3. The zero-order valence-electron chi connectivity index (χ0n) is 13.7. The minimum Gasteiger partial charge on any atom is -0.349 e. The zero-order valence-corrected chi connectivity index (χ0v) is 15.3. The number of benzene rings is 1. The molecule has 5 nitrogen and oxygen atoms in total. The number of likely N-dealkylation sites (tertiary alicyclic amines) is 1. The van der Waals surface area contributed by atoms with Gasteiger partial charge in [0.25, 0.3) is 5.91 Å². The molecule has 2 heterocycles. The monoisotopic (exact) mass is 390 g/mol. The SMILES string of the molecule is O=C(NC1CCN(C2CCCC2)CC1)c1cc(Br)cc2[nH]cnc12. The summed E-state index contributed by atoms with van der Waals surface area (Å²) in [6, 6.07) is 4.85. The average molecular weight is 391 g/mol. The lowest BCUT2D eigenvalue weighted by molar-refractivity contribution is 0.0894. The Balaban J connectivity index is 1.40. The van der Waals surface area contributed by atoms with E-state index in [-0.39, 0.29) is 11.9 Å². The van der Waals surface area contributed by atoms with E-state index in [1.165, 1.54) is 25.7 Å². The summed E-state index contributed by atoms with van der Waals surface area (Å²) in [4.78, 5) is 22.7. The Morgan fingerprint density at radius 3 is 2.71 bits per heavy atom. The molecule has 0 atom stereocenters. The highest BCUT2D eigenvalue weighted by atomic mass is 79.9. The third-order valence-electron chi connectivity index (χ3n) is 5.44. The van der Waals surface area contributed by atoms with Crippen LogP contribution in [0.2, 0.25) is 0 Å². The molecule has 128 valence electrons. The summed E-state index contributed by atoms with van der Waals surface area (Å²) in [5.74, 6) is -0.0206. The van der Waals surface area contributed by atoms with Crippen LogP contribution in [0.3, 0.4) is 0 Å². The van der Waals surface area contributed by atoms with E-state index in [2.05, 4.69) is 36.1 Å². The number of fused-ring (bicyclic) bond motifs is 1. The van der Waals surface area contributed by atoms with Gasteiger partial charge in [-0.3, -0.25) is 4.79 Å². The largest absolute Gasteiger partial charge is 0.349 e. The van der Waals surface area contributed by atoms with E-state index in [1.807, 2.05) is 12.1 Å². The van der Waals surface area contributed by atoms with Crippen molar-refractivity contribution in [1.82, 2.24) is 20.2 Å². The van der Waals surface area contributed by atoms with Crippen molar-refractivity contribution in [3.63, 3.8) is 0 Å². The maximum absolute atomic E-state index is 12.7. The molecule has 1 saturated carbocycles. The second-order valence-electron chi connectivity index (χ2n) is 6.97. The Labute approximate surface area is 150 Å². The molecule has 0 radical (unpaired) electrons. The number of carbonyl (C=O) groups is 1. The van der Waals surface area contributed by atoms with E-state index in [0.717, 1.165) is 47.5 Å². The molecule has 0 bridgehead atoms. The maximum atomic E-state index is 12.7. The summed E-state index contributed by atoms with van der Waals surface area (Å²) in [5, 5.41) is 3.22. The van der Waals surface area contributed by atoms with Gasteiger partial charge in [0.2, 0.25) is 0 Å². The van der Waals surface area contributed by atoms with Crippen molar-refractivity contribution in [2.45, 2.75) is 50.6 Å². The van der Waals surface area contributed by atoms with Crippen LogP contribution in [0, 0.1) is 0 Å². The highest BCUT2D eigenvalue weighted by molar-refractivity contribution is 9.10. The van der Waals surface area contributed by atoms with Gasteiger partial charge in [-0.1, -0.05) is 28.8 Å². The maximum Gasteiger partial charge on any atom is 0.253 e. The smallest absolute Gasteiger partial charge is 0.253 e. The van der Waals surface area contributed by atoms with Gasteiger partial charge < -0.3 is 15.2 Å². The number of nitrogens with one attached hydrogen (secondary N) is 2. The molecule has 1 aliphatic carbocycles. The predicted octanol–water partition coefficient (Wildman–Crippen LogP) is 3.46. The van der Waals surface area contributed by atoms with Crippen molar-refractivity contribution in [3.8, 4) is 0 Å². The fourth-order valence-corrected chi connectivity index (χ4v) is 4.59. The summed E-state index contributed by atoms with van der Waals surface area (Å²) in [5.41, 5.74) is 2.25. The average Bonchev–Trinajstić information content (AvgIpc) is 3.26. The minimum absolute atomic E-state index is 0.0206. The lowest BCUT2D eigenvalue weighted by Gasteiger charge is -2.36. The topological polar surface area (TPSA) is 61.0 Å². The molecule has 1 aliphatic heterocycles. The number of aromatic amines is 1. The van der Waals surface area contributed by atoms with Crippen LogP contribution in [0.1, 0.15) is 48.9 Å². The first-order chi connectivity index (χ1) is 11.7. The van der Waals surface area contributed by atoms with Gasteiger partial charge in [-0.2, -0.15) is 0 Å². The van der Waals surface area contributed by atoms with Gasteiger partial charge in [0.1, 0.15) is 5.52 Å². The quantitative estimate of drug-likeness (QED) is 0.843. The van der Waals surface area contributed by atoms with Crippen LogP contribution < -0.4 is 5.32 Å². The number of nitrogens with zero attached hydrogens (tertiary/aromatic N) is 2. The van der Waals surface area contributed by atoms with E-state index in [4.69, 9.17) is 0 Å². The molecule has 4 rings (SSSR count). The van der Waals surface area contributed by atoms with Gasteiger partial charge in [-0.05, 0) is 37.8 Å². The predicted molar refractivity (Wildman–Crippen MR) is 98.1 cm³/mol. The highest BCUT2D eigenvalue weighted by Gasteiger charge is 2.28. The van der Waals surface area contributed by atoms with Crippen molar-refractivity contribution in [1.29, 1.82) is 0 Å². The van der Waals surface area contributed by atoms with Gasteiger partial charge in [0.05, 0.1) is 17.4 Å². The first kappa shape index (κ1) is 16.1. The molecular formula is C18H23BrN4O. The Bertz CT molecular complexity index is 730. The first-order valence-corrected chi connectivity index (χ1v) is 9.67. The lowest BCUT2D eigenvalue weighted by Crippen LogP contribution is -2.47. The Hall–Kier alpha value is -1.40. The van der Waals surface area contributed by atoms with Crippen molar-refractivity contribution in [2.24, 2.45) is 0 Å². The van der Waals surface area contributed by atoms with Crippen molar-refractivity contribution in [3.05, 3.63) is 28.5 Å². The van der Waals surface area contributed by atoms with E-state index in [1.54, 1.807) is 6.33 Å². The number of halogens is 1. The lowest BCUT2D eigenvalue weighted by atomic mass is 10.0. The van der Waals surface area contributed by atoms with Gasteiger partial charge in [0.15, 0.2) is 0 Å². The van der Waals surface area contributed by atoms with Crippen LogP contribution in [-0.4, -0.2) is 45.9 Å². The second-order valence-corrected chi connectivity index (χ2v) is 7.89. The Kier molecular flexibility index (Phi) is 4.59. The van der Waals surface area contributed by atoms with Crippen LogP contribution in [0.15, 0.2) is 22.9 Å². The number of rotatable bonds is 3. The molecule has 0 unspecified atom stereocenters. The van der Waals surface area contributed by atoms with Crippen LogP contribution >= 0.6 is 15.9 Å². The normalized spacial score (nSPS) is 20.7. The number of aromatic nitrogens is 2. The number of amides is 1. The standard InChI is InChI=1S/C18H23BrN4O/c19-12-9-15(17-16(10-12)20-11-21-17)18(24)22-13-5-7-23(8-6-13)14-3-1-2-4-14/h9-11,13-14H,1-8H2,(H,20,21)(H,22,24). The third kappa shape index (κ3) is 3.22. The molecule has 24 heavy (non-hydrogen) atoms. The molecule has 6 heteroatoms. The zero-order chi connectivity index (χ0) is 16.5. The van der Waals surface area contributed by atoms with Crippen LogP contribution in [0.4, 0.5) is 0 Å². The number of imidazole rings is 1. The molecule has 1 aromatic carbocycles. The fourth-order valence-electron chi connectivity index (χ4n) is 4.13. The molecule has 2 fully saturated rings. The molecular weight excluding hydrogens is 368 g/mol. The minimum atomic E-state index is -0.0206. The number of carbonyl (C=O) groups excluding carboxylic acids is 1. The van der Waals surface area contributed by atoms with Crippen molar-refractivity contribution < 1.29 is 4.79 Å². The molecule has 1 aromatic heterocycles. The Morgan fingerprint density at radius 2 is 1.96 bits per heavy atom. The van der Waals surface area contributed by atoms with E-state index in [0.29, 0.717) is 5.56 Å². The summed E-state index contributed by atoms with van der Waals surface area (Å²) in [7, 11) is 0. The summed E-state index contributed by atoms with van der Waals surface area (Å²) >= 11 is 3.47. The fraction of sp³-hybridized carbons (Fsp3) is 0.556. The number of piperidine rings is 1. The molecule has 1 saturated heterocycles. The highest BCUT2D eigenvalue weighted by Crippen LogP contribution is 2.26. The Morgan fingerprint density at radius 1 is 1.21 bits per heavy atom. The van der Waals surface area contributed by atoms with Crippen LogP contribution in [0.5, 0.6) is 0 Å². The van der Waals surface area contributed by atoms with Gasteiger partial charge in [-0.15, -0.1) is 0 Å². The summed E-state index contributed by atoms with van der Waals surface area (Å²) in [6.07, 6.45) is 9.18. The molecule has 2 N–H and O–H groups in total. The molecule has 2 aromatic rings. The third-order valence-corrected chi connectivity index (χ3v) is 5.90. The van der Waals surface area contributed by atoms with Crippen LogP contribution in [0.25, 0.3) is 11.0 Å². The molecule has 0 spiro atoms. The van der Waals surface area contributed by atoms with E-state index < -0.39 is 0 Å². The van der Waals surface area contributed by atoms with Crippen molar-refractivity contribution in [2.75, 3.05) is 13.1 Å². The number of hydrogen-bond donors (Lipinski definition) is 2. The summed E-state index contributed by atoms with van der Waals surface area (Å²) in [6.45, 7) is 2.21. The van der Waals surface area contributed by atoms with Gasteiger partial charge in [0, 0.05) is 29.6 Å². The molecule has 1 amide bonds.